The molecule has 24 heavy (non-hydrogen) atoms. The van der Waals surface area contributed by atoms with Crippen LogP contribution in [0.15, 0.2) is 18.2 Å². The van der Waals surface area contributed by atoms with Crippen molar-refractivity contribution in [2.45, 2.75) is 43.6 Å². The summed E-state index contributed by atoms with van der Waals surface area (Å²) in [6.45, 7) is 0.618. The molecule has 2 N–H and O–H groups in total. The molecule has 0 aromatic heterocycles. The Kier molecular flexibility index (Phi) is 4.64. The fourth-order valence-electron chi connectivity index (χ4n) is 3.79. The molecular formula is C18H24N2O4. The fraction of sp³-hybridized carbons (Fsp3) is 0.556. The van der Waals surface area contributed by atoms with Crippen LogP contribution in [0, 0.1) is 0 Å². The lowest BCUT2D eigenvalue weighted by Gasteiger charge is -2.30. The summed E-state index contributed by atoms with van der Waals surface area (Å²) in [4.78, 5) is 24.8. The number of nitrogens with one attached hydrogen (secondary N) is 2. The Morgan fingerprint density at radius 2 is 1.92 bits per heavy atom. The Hall–Kier alpha value is -2.24. The van der Waals surface area contributed by atoms with Crippen LogP contribution in [0.5, 0.6) is 11.5 Å². The van der Waals surface area contributed by atoms with Gasteiger partial charge >= 0.3 is 0 Å². The van der Waals surface area contributed by atoms with Crippen LogP contribution in [0.25, 0.3) is 0 Å². The molecule has 1 aliphatic heterocycles. The van der Waals surface area contributed by atoms with Gasteiger partial charge in [0.15, 0.2) is 11.5 Å². The topological polar surface area (TPSA) is 76.7 Å². The average molecular weight is 332 g/mol. The van der Waals surface area contributed by atoms with E-state index < -0.39 is 11.5 Å². The van der Waals surface area contributed by atoms with E-state index in [2.05, 4.69) is 10.6 Å². The van der Waals surface area contributed by atoms with E-state index in [1.54, 1.807) is 14.2 Å². The van der Waals surface area contributed by atoms with Gasteiger partial charge in [-0.1, -0.05) is 18.9 Å². The van der Waals surface area contributed by atoms with Crippen LogP contribution in [0.4, 0.5) is 0 Å². The highest BCUT2D eigenvalue weighted by Gasteiger charge is 2.44. The Morgan fingerprint density at radius 1 is 1.21 bits per heavy atom. The standard InChI is InChI=1S/C18H24N2O4/c1-23-14-6-5-12(11-15(14)24-2)18(8-3-4-9-18)17(22)20-13-7-10-19-16(13)21/h5-6,11,13H,3-4,7-10H2,1-2H3,(H,19,21)(H,20,22)/t13-/m0/s1. The lowest BCUT2D eigenvalue weighted by atomic mass is 9.77. The highest BCUT2D eigenvalue weighted by Crippen LogP contribution is 2.44. The number of carbonyl (C=O) groups excluding carboxylic acids is 2. The lowest BCUT2D eigenvalue weighted by molar-refractivity contribution is -0.131. The predicted octanol–water partition coefficient (Wildman–Crippen LogP) is 1.52. The van der Waals surface area contributed by atoms with Gasteiger partial charge in [-0.2, -0.15) is 0 Å². The van der Waals surface area contributed by atoms with Gasteiger partial charge in [0.05, 0.1) is 19.6 Å². The van der Waals surface area contributed by atoms with Crippen molar-refractivity contribution in [3.8, 4) is 11.5 Å². The van der Waals surface area contributed by atoms with Crippen LogP contribution in [0.2, 0.25) is 0 Å². The maximum Gasteiger partial charge on any atom is 0.242 e. The van der Waals surface area contributed by atoms with Crippen LogP contribution in [-0.4, -0.2) is 38.6 Å². The summed E-state index contributed by atoms with van der Waals surface area (Å²) in [6.07, 6.45) is 4.20. The third kappa shape index (κ3) is 2.81. The van der Waals surface area contributed by atoms with E-state index in [0.717, 1.165) is 31.2 Å². The van der Waals surface area contributed by atoms with Crippen molar-refractivity contribution in [1.82, 2.24) is 10.6 Å². The van der Waals surface area contributed by atoms with Crippen LogP contribution in [0.3, 0.4) is 0 Å². The first-order valence-corrected chi connectivity index (χ1v) is 8.42. The SMILES string of the molecule is COc1ccc(C2(C(=O)N[C@H]3CCNC3=O)CCCC2)cc1OC. The average Bonchev–Trinajstić information content (AvgIpc) is 3.24. The van der Waals surface area contributed by atoms with Gasteiger partial charge in [0.1, 0.15) is 6.04 Å². The minimum Gasteiger partial charge on any atom is -0.493 e. The van der Waals surface area contributed by atoms with Gasteiger partial charge in [-0.25, -0.2) is 0 Å². The lowest BCUT2D eigenvalue weighted by Crippen LogP contribution is -2.49. The molecule has 1 aliphatic carbocycles. The van der Waals surface area contributed by atoms with Crippen molar-refractivity contribution in [2.75, 3.05) is 20.8 Å². The van der Waals surface area contributed by atoms with E-state index in [9.17, 15) is 9.59 Å². The smallest absolute Gasteiger partial charge is 0.242 e. The minimum atomic E-state index is -0.595. The van der Waals surface area contributed by atoms with Crippen molar-refractivity contribution >= 4 is 11.8 Å². The molecule has 0 unspecified atom stereocenters. The van der Waals surface area contributed by atoms with Crippen molar-refractivity contribution in [2.24, 2.45) is 0 Å². The second-order valence-corrected chi connectivity index (χ2v) is 6.46. The number of hydrogen-bond donors (Lipinski definition) is 2. The molecule has 2 fully saturated rings. The highest BCUT2D eigenvalue weighted by atomic mass is 16.5. The zero-order valence-corrected chi connectivity index (χ0v) is 14.2. The molecule has 6 nitrogen and oxygen atoms in total. The molecule has 6 heteroatoms. The summed E-state index contributed by atoms with van der Waals surface area (Å²) in [5.74, 6) is 1.11. The molecule has 0 bridgehead atoms. The molecule has 0 radical (unpaired) electrons. The van der Waals surface area contributed by atoms with Crippen LogP contribution in [-0.2, 0) is 15.0 Å². The maximum absolute atomic E-state index is 13.1. The maximum atomic E-state index is 13.1. The van der Waals surface area contributed by atoms with Crippen molar-refractivity contribution in [3.05, 3.63) is 23.8 Å². The molecular weight excluding hydrogens is 308 g/mol. The molecule has 1 heterocycles. The van der Waals surface area contributed by atoms with Gasteiger partial charge in [-0.15, -0.1) is 0 Å². The second kappa shape index (κ2) is 6.71. The molecule has 130 valence electrons. The van der Waals surface area contributed by atoms with E-state index in [1.165, 1.54) is 0 Å². The van der Waals surface area contributed by atoms with Crippen molar-refractivity contribution in [1.29, 1.82) is 0 Å². The Balaban J connectivity index is 1.90. The summed E-state index contributed by atoms with van der Waals surface area (Å²) in [5, 5.41) is 5.71. The van der Waals surface area contributed by atoms with Crippen LogP contribution < -0.4 is 20.1 Å². The number of ether oxygens (including phenoxy) is 2. The van der Waals surface area contributed by atoms with Gasteiger partial charge in [0.2, 0.25) is 11.8 Å². The van der Waals surface area contributed by atoms with E-state index >= 15 is 0 Å². The number of amides is 2. The minimum absolute atomic E-state index is 0.0609. The molecule has 1 saturated carbocycles. The van der Waals surface area contributed by atoms with Gasteiger partial charge < -0.3 is 20.1 Å². The summed E-state index contributed by atoms with van der Waals surface area (Å²) >= 11 is 0. The van der Waals surface area contributed by atoms with Gasteiger partial charge in [0.25, 0.3) is 0 Å². The fourth-order valence-corrected chi connectivity index (χ4v) is 3.79. The monoisotopic (exact) mass is 332 g/mol. The van der Waals surface area contributed by atoms with E-state index in [0.29, 0.717) is 24.5 Å². The highest BCUT2D eigenvalue weighted by molar-refractivity contribution is 5.94. The van der Waals surface area contributed by atoms with Crippen molar-refractivity contribution in [3.63, 3.8) is 0 Å². The predicted molar refractivity (Wildman–Crippen MR) is 89.2 cm³/mol. The molecule has 0 spiro atoms. The largest absolute Gasteiger partial charge is 0.493 e. The van der Waals surface area contributed by atoms with Gasteiger partial charge in [-0.3, -0.25) is 9.59 Å². The number of methoxy groups -OCH3 is 2. The first-order valence-electron chi connectivity index (χ1n) is 8.42. The molecule has 1 aromatic carbocycles. The quantitative estimate of drug-likeness (QED) is 0.857. The number of rotatable bonds is 5. The van der Waals surface area contributed by atoms with E-state index in [4.69, 9.17) is 9.47 Å². The molecule has 1 aromatic rings. The third-order valence-electron chi connectivity index (χ3n) is 5.18. The first-order chi connectivity index (χ1) is 11.6. The molecule has 2 amide bonds. The van der Waals surface area contributed by atoms with Crippen molar-refractivity contribution < 1.29 is 19.1 Å². The summed E-state index contributed by atoms with van der Waals surface area (Å²) in [7, 11) is 3.18. The first kappa shape index (κ1) is 16.6. The summed E-state index contributed by atoms with van der Waals surface area (Å²) in [5.41, 5.74) is 0.330. The van der Waals surface area contributed by atoms with Crippen LogP contribution in [0.1, 0.15) is 37.7 Å². The second-order valence-electron chi connectivity index (χ2n) is 6.46. The number of benzene rings is 1. The van der Waals surface area contributed by atoms with E-state index in [1.807, 2.05) is 18.2 Å². The van der Waals surface area contributed by atoms with Gasteiger partial charge in [0, 0.05) is 6.54 Å². The Labute approximate surface area is 141 Å². The molecule has 2 aliphatic rings. The number of hydrogen-bond acceptors (Lipinski definition) is 4. The van der Waals surface area contributed by atoms with E-state index in [-0.39, 0.29) is 11.8 Å². The Bertz CT molecular complexity index is 638. The Morgan fingerprint density at radius 3 is 2.50 bits per heavy atom. The normalized spacial score (nSPS) is 22.1. The molecule has 1 saturated heterocycles. The van der Waals surface area contributed by atoms with Crippen LogP contribution >= 0.6 is 0 Å². The molecule has 3 rings (SSSR count). The van der Waals surface area contributed by atoms with Gasteiger partial charge in [-0.05, 0) is 37.0 Å². The molecule has 1 atom stereocenters. The zero-order valence-electron chi connectivity index (χ0n) is 14.2. The summed E-state index contributed by atoms with van der Waals surface area (Å²) < 4.78 is 10.7. The number of carbonyl (C=O) groups is 2. The summed E-state index contributed by atoms with van der Waals surface area (Å²) in [6, 6.07) is 5.23. The zero-order chi connectivity index (χ0) is 17.2. The third-order valence-corrected chi connectivity index (χ3v) is 5.18.